The predicted octanol–water partition coefficient (Wildman–Crippen LogP) is 2.10. The first-order chi connectivity index (χ1) is 9.83. The summed E-state index contributed by atoms with van der Waals surface area (Å²) in [5.41, 5.74) is 0.911. The number of anilines is 1. The van der Waals surface area contributed by atoms with Crippen molar-refractivity contribution in [1.29, 1.82) is 0 Å². The zero-order chi connectivity index (χ0) is 14.2. The summed E-state index contributed by atoms with van der Waals surface area (Å²) in [6.45, 7) is 2.72. The number of nitrogens with one attached hydrogen (secondary N) is 2. The van der Waals surface area contributed by atoms with Gasteiger partial charge < -0.3 is 24.8 Å². The maximum absolute atomic E-state index is 5.55. The topological polar surface area (TPSA) is 64.1 Å². The number of benzene rings is 1. The molecule has 0 radical (unpaired) electrons. The van der Waals surface area contributed by atoms with Crippen LogP contribution in [0.2, 0.25) is 0 Å². The van der Waals surface area contributed by atoms with Crippen molar-refractivity contribution in [3.05, 3.63) is 18.2 Å². The third-order valence-corrected chi connectivity index (χ3v) is 2.85. The van der Waals surface area contributed by atoms with Crippen molar-refractivity contribution >= 4 is 35.6 Å². The summed E-state index contributed by atoms with van der Waals surface area (Å²) in [4.78, 5) is 4.17. The van der Waals surface area contributed by atoms with Crippen molar-refractivity contribution in [3.8, 4) is 11.5 Å². The van der Waals surface area contributed by atoms with Crippen LogP contribution in [0.15, 0.2) is 23.2 Å². The van der Waals surface area contributed by atoms with Crippen molar-refractivity contribution in [2.24, 2.45) is 4.99 Å². The van der Waals surface area contributed by atoms with Crippen molar-refractivity contribution in [2.75, 3.05) is 45.8 Å². The highest BCUT2D eigenvalue weighted by atomic mass is 127. The van der Waals surface area contributed by atoms with Gasteiger partial charge in [-0.15, -0.1) is 24.0 Å². The Morgan fingerprint density at radius 3 is 2.76 bits per heavy atom. The lowest BCUT2D eigenvalue weighted by Crippen LogP contribution is -2.31. The van der Waals surface area contributed by atoms with E-state index >= 15 is 0 Å². The number of halogens is 1. The summed E-state index contributed by atoms with van der Waals surface area (Å²) in [7, 11) is 3.44. The normalized spacial score (nSPS) is 13.3. The average molecular weight is 407 g/mol. The molecule has 1 heterocycles. The Morgan fingerprint density at radius 1 is 1.29 bits per heavy atom. The van der Waals surface area contributed by atoms with Crippen LogP contribution < -0.4 is 20.1 Å². The number of fused-ring (bicyclic) bond motifs is 1. The lowest BCUT2D eigenvalue weighted by atomic mass is 10.2. The summed E-state index contributed by atoms with van der Waals surface area (Å²) < 4.78 is 16.0. The predicted molar refractivity (Wildman–Crippen MR) is 94.3 cm³/mol. The molecule has 0 saturated heterocycles. The van der Waals surface area contributed by atoms with E-state index in [4.69, 9.17) is 14.2 Å². The zero-order valence-corrected chi connectivity index (χ0v) is 14.7. The van der Waals surface area contributed by atoms with Gasteiger partial charge in [0.25, 0.3) is 0 Å². The van der Waals surface area contributed by atoms with Crippen molar-refractivity contribution in [1.82, 2.24) is 5.32 Å². The van der Waals surface area contributed by atoms with E-state index < -0.39 is 0 Å². The molecule has 0 aromatic heterocycles. The second-order valence-corrected chi connectivity index (χ2v) is 4.33. The Labute approximate surface area is 142 Å². The summed E-state index contributed by atoms with van der Waals surface area (Å²) >= 11 is 0. The fourth-order valence-corrected chi connectivity index (χ4v) is 1.86. The van der Waals surface area contributed by atoms with Crippen molar-refractivity contribution in [2.45, 2.75) is 6.42 Å². The number of nitrogens with zero attached hydrogens (tertiary/aromatic N) is 1. The molecule has 0 spiro atoms. The highest BCUT2D eigenvalue weighted by molar-refractivity contribution is 14.0. The molecule has 118 valence electrons. The van der Waals surface area contributed by atoms with Crippen molar-refractivity contribution < 1.29 is 14.2 Å². The molecule has 0 saturated carbocycles. The Hall–Kier alpha value is -1.22. The van der Waals surface area contributed by atoms with Crippen LogP contribution in [-0.4, -0.2) is 46.5 Å². The quantitative estimate of drug-likeness (QED) is 0.339. The molecule has 7 heteroatoms. The highest BCUT2D eigenvalue weighted by Crippen LogP contribution is 2.32. The Morgan fingerprint density at radius 2 is 2.05 bits per heavy atom. The molecule has 0 bridgehead atoms. The molecule has 0 unspecified atom stereocenters. The van der Waals surface area contributed by atoms with Crippen LogP contribution in [-0.2, 0) is 4.74 Å². The minimum atomic E-state index is 0. The number of hydrogen-bond acceptors (Lipinski definition) is 4. The molecule has 1 aromatic carbocycles. The van der Waals surface area contributed by atoms with Crippen LogP contribution >= 0.6 is 24.0 Å². The van der Waals surface area contributed by atoms with Gasteiger partial charge >= 0.3 is 0 Å². The van der Waals surface area contributed by atoms with Gasteiger partial charge in [0.2, 0.25) is 0 Å². The summed E-state index contributed by atoms with van der Waals surface area (Å²) in [5.74, 6) is 2.26. The average Bonchev–Trinajstić information content (AvgIpc) is 2.50. The van der Waals surface area contributed by atoms with E-state index in [-0.39, 0.29) is 24.0 Å². The van der Waals surface area contributed by atoms with Crippen LogP contribution in [0.3, 0.4) is 0 Å². The van der Waals surface area contributed by atoms with Crippen LogP contribution in [0.25, 0.3) is 0 Å². The first kappa shape index (κ1) is 17.8. The fraction of sp³-hybridized carbons (Fsp3) is 0.500. The first-order valence-corrected chi connectivity index (χ1v) is 6.69. The van der Waals surface area contributed by atoms with E-state index in [2.05, 4.69) is 15.6 Å². The molecule has 0 amide bonds. The van der Waals surface area contributed by atoms with Gasteiger partial charge in [0.05, 0.1) is 0 Å². The van der Waals surface area contributed by atoms with Gasteiger partial charge in [-0.3, -0.25) is 4.99 Å². The molecule has 1 aliphatic rings. The third kappa shape index (κ3) is 5.58. The molecule has 0 fully saturated rings. The van der Waals surface area contributed by atoms with Gasteiger partial charge in [-0.25, -0.2) is 0 Å². The number of ether oxygens (including phenoxy) is 3. The van der Waals surface area contributed by atoms with Gasteiger partial charge in [0.1, 0.15) is 13.2 Å². The zero-order valence-electron chi connectivity index (χ0n) is 12.3. The standard InChI is InChI=1S/C14H21N3O3.HI/c1-15-14(16-6-3-7-18-2)17-11-4-5-12-13(10-11)20-9-8-19-12;/h4-5,10H,3,6-9H2,1-2H3,(H2,15,16,17);1H. The minimum Gasteiger partial charge on any atom is -0.486 e. The molecule has 1 aliphatic heterocycles. The molecule has 6 nitrogen and oxygen atoms in total. The first-order valence-electron chi connectivity index (χ1n) is 6.69. The van der Waals surface area contributed by atoms with Gasteiger partial charge in [-0.1, -0.05) is 0 Å². The van der Waals surface area contributed by atoms with Crippen LogP contribution in [0.1, 0.15) is 6.42 Å². The summed E-state index contributed by atoms with van der Waals surface area (Å²) in [6, 6.07) is 5.75. The number of hydrogen-bond donors (Lipinski definition) is 2. The van der Waals surface area contributed by atoms with Crippen LogP contribution in [0, 0.1) is 0 Å². The number of aliphatic imine (C=N–C) groups is 1. The lowest BCUT2D eigenvalue weighted by molar-refractivity contribution is 0.171. The molecule has 2 N–H and O–H groups in total. The fourth-order valence-electron chi connectivity index (χ4n) is 1.86. The molecule has 1 aromatic rings. The number of guanidine groups is 1. The second-order valence-electron chi connectivity index (χ2n) is 4.33. The molecule has 2 rings (SSSR count). The maximum atomic E-state index is 5.55. The summed E-state index contributed by atoms with van der Waals surface area (Å²) in [6.07, 6.45) is 0.929. The minimum absolute atomic E-state index is 0. The van der Waals surface area contributed by atoms with Gasteiger partial charge in [0.15, 0.2) is 17.5 Å². The monoisotopic (exact) mass is 407 g/mol. The van der Waals surface area contributed by atoms with Gasteiger partial charge in [0, 0.05) is 39.1 Å². The molecule has 21 heavy (non-hydrogen) atoms. The molecular weight excluding hydrogens is 385 g/mol. The van der Waals surface area contributed by atoms with E-state index in [0.717, 1.165) is 42.7 Å². The van der Waals surface area contributed by atoms with Crippen molar-refractivity contribution in [3.63, 3.8) is 0 Å². The van der Waals surface area contributed by atoms with Gasteiger partial charge in [-0.2, -0.15) is 0 Å². The number of rotatable bonds is 5. The van der Waals surface area contributed by atoms with E-state index in [1.54, 1.807) is 14.2 Å². The Bertz CT molecular complexity index is 469. The molecule has 0 aliphatic carbocycles. The smallest absolute Gasteiger partial charge is 0.195 e. The second kappa shape index (κ2) is 9.67. The largest absolute Gasteiger partial charge is 0.486 e. The molecule has 0 atom stereocenters. The Kier molecular flexibility index (Phi) is 8.21. The van der Waals surface area contributed by atoms with Crippen LogP contribution in [0.5, 0.6) is 11.5 Å². The Balaban J connectivity index is 0.00000220. The van der Waals surface area contributed by atoms with E-state index in [1.165, 1.54) is 0 Å². The van der Waals surface area contributed by atoms with E-state index in [9.17, 15) is 0 Å². The van der Waals surface area contributed by atoms with E-state index in [1.807, 2.05) is 18.2 Å². The molecular formula is C14H22IN3O3. The van der Waals surface area contributed by atoms with Crippen LogP contribution in [0.4, 0.5) is 5.69 Å². The third-order valence-electron chi connectivity index (χ3n) is 2.85. The van der Waals surface area contributed by atoms with Gasteiger partial charge in [-0.05, 0) is 18.6 Å². The SMILES string of the molecule is CN=C(NCCCOC)Nc1ccc2c(c1)OCCO2.I. The van der Waals surface area contributed by atoms with E-state index in [0.29, 0.717) is 13.2 Å². The summed E-state index contributed by atoms with van der Waals surface area (Å²) in [5, 5.41) is 6.44. The lowest BCUT2D eigenvalue weighted by Gasteiger charge is -2.19. The number of methoxy groups -OCH3 is 1. The highest BCUT2D eigenvalue weighted by Gasteiger charge is 2.12. The maximum Gasteiger partial charge on any atom is 0.195 e.